The molecule has 0 amide bonds. The van der Waals surface area contributed by atoms with Crippen molar-refractivity contribution in [1.29, 1.82) is 0 Å². The van der Waals surface area contributed by atoms with Crippen molar-refractivity contribution in [3.63, 3.8) is 0 Å². The van der Waals surface area contributed by atoms with Gasteiger partial charge in [-0.25, -0.2) is 9.97 Å². The molecule has 0 saturated carbocycles. The molecule has 0 bridgehead atoms. The fourth-order valence-corrected chi connectivity index (χ4v) is 4.66. The van der Waals surface area contributed by atoms with Gasteiger partial charge in [-0.2, -0.15) is 0 Å². The third-order valence-corrected chi connectivity index (χ3v) is 7.05. The summed E-state index contributed by atoms with van der Waals surface area (Å²) in [5.74, 6) is 0.440. The highest BCUT2D eigenvalue weighted by atomic mass is 35.5. The highest BCUT2D eigenvalue weighted by Gasteiger charge is 2.15. The van der Waals surface area contributed by atoms with E-state index in [1.807, 2.05) is 18.3 Å². The predicted octanol–water partition coefficient (Wildman–Crippen LogP) is 7.22. The smallest absolute Gasteiger partial charge is 0.148 e. The van der Waals surface area contributed by atoms with E-state index in [0.29, 0.717) is 16.1 Å². The van der Waals surface area contributed by atoms with Crippen molar-refractivity contribution in [1.82, 2.24) is 9.97 Å². The SMILES string of the molecule is CC[C@H](CC[C@H](N)c1ccccc1C)c1ccc(Sc2ccnc(Cl)c2Cl)nc1. The van der Waals surface area contributed by atoms with Crippen LogP contribution in [-0.2, 0) is 0 Å². The first-order chi connectivity index (χ1) is 14.0. The van der Waals surface area contributed by atoms with Gasteiger partial charge in [-0.15, -0.1) is 0 Å². The molecule has 1 aromatic carbocycles. The van der Waals surface area contributed by atoms with Crippen molar-refractivity contribution >= 4 is 35.0 Å². The lowest BCUT2D eigenvalue weighted by molar-refractivity contribution is 0.522. The van der Waals surface area contributed by atoms with Gasteiger partial charge in [0, 0.05) is 23.3 Å². The number of benzene rings is 1. The van der Waals surface area contributed by atoms with Gasteiger partial charge in [0.2, 0.25) is 0 Å². The van der Waals surface area contributed by atoms with E-state index in [1.165, 1.54) is 28.5 Å². The number of nitrogens with zero attached hydrogens (tertiary/aromatic N) is 2. The molecule has 6 heteroatoms. The van der Waals surface area contributed by atoms with Crippen molar-refractivity contribution in [3.8, 4) is 0 Å². The second-order valence-electron chi connectivity index (χ2n) is 7.09. The summed E-state index contributed by atoms with van der Waals surface area (Å²) in [5, 5.41) is 1.65. The minimum atomic E-state index is 0.0617. The Hall–Kier alpha value is -1.59. The number of nitrogens with two attached hydrogens (primary N) is 1. The Bertz CT molecular complexity index is 947. The van der Waals surface area contributed by atoms with Crippen LogP contribution in [0.3, 0.4) is 0 Å². The van der Waals surface area contributed by atoms with Crippen molar-refractivity contribution in [2.24, 2.45) is 5.73 Å². The minimum Gasteiger partial charge on any atom is -0.324 e. The molecular weight excluding hydrogens is 421 g/mol. The first-order valence-corrected chi connectivity index (χ1v) is 11.3. The summed E-state index contributed by atoms with van der Waals surface area (Å²) < 4.78 is 0. The maximum Gasteiger partial charge on any atom is 0.148 e. The van der Waals surface area contributed by atoms with E-state index in [-0.39, 0.29) is 6.04 Å². The van der Waals surface area contributed by atoms with Gasteiger partial charge in [-0.1, -0.05) is 72.2 Å². The molecule has 0 spiro atoms. The first kappa shape index (κ1) is 22.1. The molecule has 0 saturated heterocycles. The molecule has 3 nitrogen and oxygen atoms in total. The van der Waals surface area contributed by atoms with E-state index in [4.69, 9.17) is 28.9 Å². The highest BCUT2D eigenvalue weighted by molar-refractivity contribution is 7.99. The Morgan fingerprint density at radius 3 is 2.52 bits per heavy atom. The fourth-order valence-electron chi connectivity index (χ4n) is 3.43. The molecule has 0 aliphatic rings. The molecule has 2 atom stereocenters. The summed E-state index contributed by atoms with van der Waals surface area (Å²) in [5.41, 5.74) is 10.2. The number of halogens is 2. The van der Waals surface area contributed by atoms with Gasteiger partial charge >= 0.3 is 0 Å². The fraction of sp³-hybridized carbons (Fsp3) is 0.304. The van der Waals surface area contributed by atoms with E-state index in [9.17, 15) is 0 Å². The molecule has 0 aliphatic heterocycles. The van der Waals surface area contributed by atoms with Gasteiger partial charge in [-0.3, -0.25) is 0 Å². The number of aryl methyl sites for hydroxylation is 1. The van der Waals surface area contributed by atoms with Crippen molar-refractivity contribution < 1.29 is 0 Å². The molecule has 0 fully saturated rings. The van der Waals surface area contributed by atoms with Gasteiger partial charge in [0.25, 0.3) is 0 Å². The summed E-state index contributed by atoms with van der Waals surface area (Å²) in [7, 11) is 0. The van der Waals surface area contributed by atoms with E-state index in [2.05, 4.69) is 54.1 Å². The summed E-state index contributed by atoms with van der Waals surface area (Å²) in [6.07, 6.45) is 6.65. The zero-order valence-corrected chi connectivity index (χ0v) is 18.9. The predicted molar refractivity (Wildman–Crippen MR) is 123 cm³/mol. The van der Waals surface area contributed by atoms with Crippen LogP contribution >= 0.6 is 35.0 Å². The van der Waals surface area contributed by atoms with E-state index >= 15 is 0 Å². The summed E-state index contributed by atoms with van der Waals surface area (Å²) in [6, 6.07) is 14.5. The quantitative estimate of drug-likeness (QED) is 0.371. The van der Waals surface area contributed by atoms with Crippen molar-refractivity contribution in [3.05, 3.63) is 81.7 Å². The molecule has 0 radical (unpaired) electrons. The van der Waals surface area contributed by atoms with Crippen LogP contribution in [0.25, 0.3) is 0 Å². The van der Waals surface area contributed by atoms with E-state index in [0.717, 1.165) is 29.2 Å². The van der Waals surface area contributed by atoms with Crippen LogP contribution < -0.4 is 5.73 Å². The van der Waals surface area contributed by atoms with Crippen molar-refractivity contribution in [2.75, 3.05) is 0 Å². The molecular formula is C23H25Cl2N3S. The second-order valence-corrected chi connectivity index (χ2v) is 8.89. The van der Waals surface area contributed by atoms with Gasteiger partial charge < -0.3 is 5.73 Å². The Kier molecular flexibility index (Phi) is 7.96. The van der Waals surface area contributed by atoms with Crippen LogP contribution in [0, 0.1) is 6.92 Å². The molecule has 3 aromatic rings. The molecule has 0 aliphatic carbocycles. The van der Waals surface area contributed by atoms with Crippen LogP contribution in [0.15, 0.2) is 64.8 Å². The van der Waals surface area contributed by atoms with Crippen LogP contribution in [0.5, 0.6) is 0 Å². The molecule has 2 N–H and O–H groups in total. The van der Waals surface area contributed by atoms with Crippen LogP contribution in [0.1, 0.15) is 54.8 Å². The Morgan fingerprint density at radius 2 is 1.83 bits per heavy atom. The molecule has 2 heterocycles. The van der Waals surface area contributed by atoms with Crippen molar-refractivity contribution in [2.45, 2.75) is 55.0 Å². The van der Waals surface area contributed by atoms with E-state index in [1.54, 1.807) is 6.20 Å². The molecule has 2 aromatic heterocycles. The normalized spacial score (nSPS) is 13.3. The third-order valence-electron chi connectivity index (χ3n) is 5.16. The molecule has 3 rings (SSSR count). The topological polar surface area (TPSA) is 51.8 Å². The first-order valence-electron chi connectivity index (χ1n) is 9.74. The largest absolute Gasteiger partial charge is 0.324 e. The molecule has 0 unspecified atom stereocenters. The third kappa shape index (κ3) is 5.73. The zero-order chi connectivity index (χ0) is 20.8. The summed E-state index contributed by atoms with van der Waals surface area (Å²) >= 11 is 13.7. The van der Waals surface area contributed by atoms with Gasteiger partial charge in [0.15, 0.2) is 0 Å². The minimum absolute atomic E-state index is 0.0617. The van der Waals surface area contributed by atoms with Gasteiger partial charge in [-0.05, 0) is 60.9 Å². The average Bonchev–Trinajstić information content (AvgIpc) is 2.73. The van der Waals surface area contributed by atoms with Crippen LogP contribution in [0.4, 0.5) is 0 Å². The van der Waals surface area contributed by atoms with Crippen LogP contribution in [0.2, 0.25) is 10.2 Å². The number of hydrogen-bond donors (Lipinski definition) is 1. The number of hydrogen-bond acceptors (Lipinski definition) is 4. The maximum atomic E-state index is 6.47. The molecule has 152 valence electrons. The van der Waals surface area contributed by atoms with E-state index < -0.39 is 0 Å². The Balaban J connectivity index is 1.64. The van der Waals surface area contributed by atoms with Crippen LogP contribution in [-0.4, -0.2) is 9.97 Å². The summed E-state index contributed by atoms with van der Waals surface area (Å²) in [4.78, 5) is 9.45. The lowest BCUT2D eigenvalue weighted by atomic mass is 9.89. The monoisotopic (exact) mass is 445 g/mol. The number of rotatable bonds is 8. The maximum absolute atomic E-state index is 6.47. The standard InChI is InChI=1S/C23H25Cl2N3S/c1-3-16(8-10-19(26)18-7-5-4-6-15(18)2)17-9-11-21(28-14-17)29-20-12-13-27-23(25)22(20)24/h4-7,9,11-14,16,19H,3,8,10,26H2,1-2H3/t16-,19+/m1/s1. The Labute approximate surface area is 187 Å². The Morgan fingerprint density at radius 1 is 1.03 bits per heavy atom. The second kappa shape index (κ2) is 10.4. The zero-order valence-electron chi connectivity index (χ0n) is 16.6. The summed E-state index contributed by atoms with van der Waals surface area (Å²) in [6.45, 7) is 4.33. The average molecular weight is 446 g/mol. The number of aromatic nitrogens is 2. The highest BCUT2D eigenvalue weighted by Crippen LogP contribution is 2.36. The lowest BCUT2D eigenvalue weighted by Gasteiger charge is -2.19. The number of pyridine rings is 2. The lowest BCUT2D eigenvalue weighted by Crippen LogP contribution is -2.13. The van der Waals surface area contributed by atoms with Gasteiger partial charge in [0.05, 0.1) is 5.02 Å². The van der Waals surface area contributed by atoms with Gasteiger partial charge in [0.1, 0.15) is 10.2 Å². The molecule has 29 heavy (non-hydrogen) atoms.